The second kappa shape index (κ2) is 7.51. The van der Waals surface area contributed by atoms with Crippen molar-refractivity contribution in [1.29, 1.82) is 0 Å². The molecule has 4 nitrogen and oxygen atoms in total. The van der Waals surface area contributed by atoms with Crippen molar-refractivity contribution in [2.45, 2.75) is 32.0 Å². The molecule has 1 saturated carbocycles. The smallest absolute Gasteiger partial charge is 0.249 e. The van der Waals surface area contributed by atoms with Crippen molar-refractivity contribution < 1.29 is 13.9 Å². The van der Waals surface area contributed by atoms with Crippen molar-refractivity contribution >= 4 is 27.5 Å². The first kappa shape index (κ1) is 17.1. The third kappa shape index (κ3) is 4.08. The number of ether oxygens (including phenoxy) is 1. The highest BCUT2D eigenvalue weighted by molar-refractivity contribution is 7.18. The minimum Gasteiger partial charge on any atom is -0.364 e. The van der Waals surface area contributed by atoms with Gasteiger partial charge in [0, 0.05) is 12.6 Å². The van der Waals surface area contributed by atoms with Crippen LogP contribution in [0.5, 0.6) is 0 Å². The number of aromatic nitrogens is 1. The summed E-state index contributed by atoms with van der Waals surface area (Å²) in [7, 11) is 0. The minimum absolute atomic E-state index is 0.0297. The lowest BCUT2D eigenvalue weighted by Gasteiger charge is -2.22. The molecule has 0 radical (unpaired) electrons. The van der Waals surface area contributed by atoms with Crippen molar-refractivity contribution in [3.05, 3.63) is 64.9 Å². The first-order chi connectivity index (χ1) is 12.7. The summed E-state index contributed by atoms with van der Waals surface area (Å²) in [6.07, 6.45) is 2.04. The van der Waals surface area contributed by atoms with Crippen molar-refractivity contribution in [3.8, 4) is 0 Å². The fourth-order valence-electron chi connectivity index (χ4n) is 2.88. The SMILES string of the molecule is O=C(COCc1nc2ccccc2s1)N(Cc1ccc(F)cc1)C1CC1. The molecule has 0 unspecified atom stereocenters. The number of carbonyl (C=O) groups is 1. The molecule has 1 aromatic heterocycles. The molecule has 26 heavy (non-hydrogen) atoms. The van der Waals surface area contributed by atoms with E-state index in [1.165, 1.54) is 12.1 Å². The highest BCUT2D eigenvalue weighted by atomic mass is 32.1. The number of benzene rings is 2. The van der Waals surface area contributed by atoms with Gasteiger partial charge in [0.2, 0.25) is 5.91 Å². The molecule has 3 aromatic rings. The Kier molecular flexibility index (Phi) is 4.95. The maximum atomic E-state index is 13.1. The van der Waals surface area contributed by atoms with Crippen LogP contribution in [-0.4, -0.2) is 28.4 Å². The predicted molar refractivity (Wildman–Crippen MR) is 99.2 cm³/mol. The van der Waals surface area contributed by atoms with E-state index in [2.05, 4.69) is 4.98 Å². The fourth-order valence-corrected chi connectivity index (χ4v) is 3.79. The van der Waals surface area contributed by atoms with Crippen LogP contribution in [0.1, 0.15) is 23.4 Å². The summed E-state index contributed by atoms with van der Waals surface area (Å²) in [5.74, 6) is -0.296. The molecule has 1 aliphatic carbocycles. The van der Waals surface area contributed by atoms with E-state index in [1.807, 2.05) is 29.2 Å². The third-order valence-corrected chi connectivity index (χ3v) is 5.37. The quantitative estimate of drug-likeness (QED) is 0.628. The second-order valence-corrected chi connectivity index (χ2v) is 7.56. The van der Waals surface area contributed by atoms with Gasteiger partial charge in [0.1, 0.15) is 17.4 Å². The molecule has 6 heteroatoms. The van der Waals surface area contributed by atoms with Gasteiger partial charge in [-0.1, -0.05) is 24.3 Å². The predicted octanol–water partition coefficient (Wildman–Crippen LogP) is 4.14. The topological polar surface area (TPSA) is 42.4 Å². The van der Waals surface area contributed by atoms with Crippen molar-refractivity contribution in [1.82, 2.24) is 9.88 Å². The summed E-state index contributed by atoms with van der Waals surface area (Å²) in [6.45, 7) is 0.863. The van der Waals surface area contributed by atoms with Crippen LogP contribution in [0, 0.1) is 5.82 Å². The number of hydrogen-bond donors (Lipinski definition) is 0. The van der Waals surface area contributed by atoms with Gasteiger partial charge in [-0.05, 0) is 42.7 Å². The average Bonchev–Trinajstić information content (AvgIpc) is 3.40. The molecular formula is C20H19FN2O2S. The summed E-state index contributed by atoms with van der Waals surface area (Å²) in [4.78, 5) is 18.9. The standard InChI is InChI=1S/C20H19FN2O2S/c21-15-7-5-14(6-8-15)11-23(16-9-10-16)20(24)13-25-12-19-22-17-3-1-2-4-18(17)26-19/h1-8,16H,9-13H2. The van der Waals surface area contributed by atoms with Gasteiger partial charge in [-0.3, -0.25) is 4.79 Å². The minimum atomic E-state index is -0.266. The summed E-state index contributed by atoms with van der Waals surface area (Å²) < 4.78 is 19.8. The van der Waals surface area contributed by atoms with Crippen LogP contribution in [0.2, 0.25) is 0 Å². The van der Waals surface area contributed by atoms with E-state index < -0.39 is 0 Å². The molecule has 134 valence electrons. The molecule has 1 fully saturated rings. The molecule has 1 amide bonds. The van der Waals surface area contributed by atoms with Crippen LogP contribution in [0.15, 0.2) is 48.5 Å². The average molecular weight is 370 g/mol. The van der Waals surface area contributed by atoms with Crippen LogP contribution < -0.4 is 0 Å². The third-order valence-electron chi connectivity index (χ3n) is 4.36. The number of para-hydroxylation sites is 1. The number of fused-ring (bicyclic) bond motifs is 1. The number of rotatable bonds is 7. The Morgan fingerprint density at radius 1 is 1.19 bits per heavy atom. The van der Waals surface area contributed by atoms with E-state index in [0.717, 1.165) is 33.6 Å². The highest BCUT2D eigenvalue weighted by Crippen LogP contribution is 2.29. The maximum Gasteiger partial charge on any atom is 0.249 e. The number of nitrogens with zero attached hydrogens (tertiary/aromatic N) is 2. The van der Waals surface area contributed by atoms with Gasteiger partial charge in [-0.15, -0.1) is 11.3 Å². The Hall–Kier alpha value is -2.31. The Bertz CT molecular complexity index is 873. The number of thiazole rings is 1. The lowest BCUT2D eigenvalue weighted by molar-refractivity contribution is -0.137. The Labute approximate surface area is 155 Å². The molecule has 0 spiro atoms. The molecule has 0 aliphatic heterocycles. The lowest BCUT2D eigenvalue weighted by Crippen LogP contribution is -2.35. The Morgan fingerprint density at radius 3 is 2.69 bits per heavy atom. The number of amides is 1. The maximum absolute atomic E-state index is 13.1. The van der Waals surface area contributed by atoms with Crippen molar-refractivity contribution in [3.63, 3.8) is 0 Å². The van der Waals surface area contributed by atoms with Gasteiger partial charge < -0.3 is 9.64 Å². The molecule has 4 rings (SSSR count). The van der Waals surface area contributed by atoms with E-state index in [9.17, 15) is 9.18 Å². The highest BCUT2D eigenvalue weighted by Gasteiger charge is 2.32. The van der Waals surface area contributed by atoms with Gasteiger partial charge >= 0.3 is 0 Å². The second-order valence-electron chi connectivity index (χ2n) is 6.45. The van der Waals surface area contributed by atoms with Gasteiger partial charge in [0.15, 0.2) is 0 Å². The van der Waals surface area contributed by atoms with Gasteiger partial charge in [0.25, 0.3) is 0 Å². The van der Waals surface area contributed by atoms with E-state index in [1.54, 1.807) is 23.5 Å². The molecular weight excluding hydrogens is 351 g/mol. The first-order valence-electron chi connectivity index (χ1n) is 8.65. The zero-order valence-corrected chi connectivity index (χ0v) is 15.0. The molecule has 0 N–H and O–H groups in total. The molecule has 1 aliphatic rings. The van der Waals surface area contributed by atoms with E-state index >= 15 is 0 Å². The van der Waals surface area contributed by atoms with Crippen molar-refractivity contribution in [2.24, 2.45) is 0 Å². The first-order valence-corrected chi connectivity index (χ1v) is 9.47. The van der Waals surface area contributed by atoms with E-state index in [0.29, 0.717) is 13.2 Å². The van der Waals surface area contributed by atoms with Gasteiger partial charge in [0.05, 0.1) is 16.8 Å². The Balaban J connectivity index is 1.33. The summed E-state index contributed by atoms with van der Waals surface area (Å²) in [5, 5.41) is 0.871. The number of halogens is 1. The number of carbonyl (C=O) groups excluding carboxylic acids is 1. The zero-order valence-electron chi connectivity index (χ0n) is 14.2. The van der Waals surface area contributed by atoms with E-state index in [-0.39, 0.29) is 24.4 Å². The number of hydrogen-bond acceptors (Lipinski definition) is 4. The van der Waals surface area contributed by atoms with Crippen LogP contribution >= 0.6 is 11.3 Å². The fraction of sp³-hybridized carbons (Fsp3) is 0.300. The Morgan fingerprint density at radius 2 is 1.96 bits per heavy atom. The summed E-state index contributed by atoms with van der Waals surface area (Å²) in [5.41, 5.74) is 1.89. The van der Waals surface area contributed by atoms with Crippen LogP contribution in [0.25, 0.3) is 10.2 Å². The van der Waals surface area contributed by atoms with Crippen LogP contribution in [0.4, 0.5) is 4.39 Å². The normalized spacial score (nSPS) is 13.9. The van der Waals surface area contributed by atoms with Crippen LogP contribution in [0.3, 0.4) is 0 Å². The largest absolute Gasteiger partial charge is 0.364 e. The monoisotopic (exact) mass is 370 g/mol. The van der Waals surface area contributed by atoms with Crippen LogP contribution in [-0.2, 0) is 22.7 Å². The molecule has 0 saturated heterocycles. The summed E-state index contributed by atoms with van der Waals surface area (Å²) >= 11 is 1.58. The molecule has 1 heterocycles. The zero-order chi connectivity index (χ0) is 17.9. The van der Waals surface area contributed by atoms with Crippen molar-refractivity contribution in [2.75, 3.05) is 6.61 Å². The molecule has 0 atom stereocenters. The van der Waals surface area contributed by atoms with E-state index in [4.69, 9.17) is 4.74 Å². The van der Waals surface area contributed by atoms with Gasteiger partial charge in [-0.25, -0.2) is 9.37 Å². The lowest BCUT2D eigenvalue weighted by atomic mass is 10.2. The van der Waals surface area contributed by atoms with Gasteiger partial charge in [-0.2, -0.15) is 0 Å². The molecule has 0 bridgehead atoms. The summed E-state index contributed by atoms with van der Waals surface area (Å²) in [6, 6.07) is 14.5. The molecule has 2 aromatic carbocycles.